The molecule has 0 radical (unpaired) electrons. The first kappa shape index (κ1) is 16.9. The first-order valence-corrected chi connectivity index (χ1v) is 8.08. The predicted octanol–water partition coefficient (Wildman–Crippen LogP) is 0.408. The van der Waals surface area contributed by atoms with Crippen LogP contribution < -0.4 is 16.0 Å². The highest BCUT2D eigenvalue weighted by Gasteiger charge is 2.27. The number of nitrogens with one attached hydrogen (secondary N) is 3. The maximum Gasteiger partial charge on any atom is 0.251 e. The normalized spacial score (nSPS) is 20.6. The molecule has 1 aromatic rings. The van der Waals surface area contributed by atoms with Gasteiger partial charge >= 0.3 is 0 Å². The van der Waals surface area contributed by atoms with Crippen LogP contribution in [0.5, 0.6) is 0 Å². The summed E-state index contributed by atoms with van der Waals surface area (Å²) in [6.07, 6.45) is 0.659. The zero-order chi connectivity index (χ0) is 15.9. The summed E-state index contributed by atoms with van der Waals surface area (Å²) >= 11 is 3.32. The van der Waals surface area contributed by atoms with Crippen LogP contribution in [0.2, 0.25) is 0 Å². The zero-order valence-electron chi connectivity index (χ0n) is 12.1. The number of rotatable bonds is 6. The summed E-state index contributed by atoms with van der Waals surface area (Å²) in [6.45, 7) is 1.44. The van der Waals surface area contributed by atoms with Crippen LogP contribution in [0.25, 0.3) is 0 Å². The highest BCUT2D eigenvalue weighted by Crippen LogP contribution is 2.11. The van der Waals surface area contributed by atoms with Crippen molar-refractivity contribution in [3.63, 3.8) is 0 Å². The van der Waals surface area contributed by atoms with E-state index in [4.69, 9.17) is 0 Å². The number of amides is 2. The summed E-state index contributed by atoms with van der Waals surface area (Å²) < 4.78 is 0.860. The standard InChI is InChI=1S/C15H20BrN3O3/c16-11-4-1-3-10(7-11)14(21)17-5-2-6-18-15(22)13-8-12(20)9-19-13/h1,3-4,7,12-13,19-20H,2,5-6,8-9H2,(H,17,21)(H,18,22). The van der Waals surface area contributed by atoms with E-state index >= 15 is 0 Å². The van der Waals surface area contributed by atoms with Crippen LogP contribution in [0.1, 0.15) is 23.2 Å². The first-order chi connectivity index (χ1) is 10.6. The Labute approximate surface area is 137 Å². The van der Waals surface area contributed by atoms with Crippen molar-refractivity contribution >= 4 is 27.7 Å². The molecular weight excluding hydrogens is 350 g/mol. The number of β-amino-alcohol motifs (C(OH)–C–C–N with tert-alkyl or cyclic N) is 1. The molecule has 1 aromatic carbocycles. The van der Waals surface area contributed by atoms with Crippen molar-refractivity contribution in [3.05, 3.63) is 34.3 Å². The molecule has 0 spiro atoms. The number of hydrogen-bond acceptors (Lipinski definition) is 4. The molecule has 4 N–H and O–H groups in total. The van der Waals surface area contributed by atoms with Gasteiger partial charge in [0.05, 0.1) is 12.1 Å². The van der Waals surface area contributed by atoms with Crippen molar-refractivity contribution in [2.24, 2.45) is 0 Å². The van der Waals surface area contributed by atoms with Crippen LogP contribution in [-0.4, -0.2) is 48.7 Å². The van der Waals surface area contributed by atoms with Crippen LogP contribution in [0.4, 0.5) is 0 Å². The highest BCUT2D eigenvalue weighted by molar-refractivity contribution is 9.10. The summed E-state index contributed by atoms with van der Waals surface area (Å²) in [5.74, 6) is -0.233. The third kappa shape index (κ3) is 5.08. The molecule has 2 unspecified atom stereocenters. The smallest absolute Gasteiger partial charge is 0.251 e. The van der Waals surface area contributed by atoms with Gasteiger partial charge in [0.25, 0.3) is 5.91 Å². The molecule has 1 heterocycles. The molecule has 1 aliphatic heterocycles. The van der Waals surface area contributed by atoms with E-state index in [1.165, 1.54) is 0 Å². The number of benzene rings is 1. The minimum absolute atomic E-state index is 0.102. The molecule has 7 heteroatoms. The van der Waals surface area contributed by atoms with Gasteiger partial charge in [-0.05, 0) is 31.0 Å². The third-order valence-electron chi connectivity index (χ3n) is 3.45. The fraction of sp³-hybridized carbons (Fsp3) is 0.467. The monoisotopic (exact) mass is 369 g/mol. The second kappa shape index (κ2) is 8.26. The number of halogens is 1. The number of hydrogen-bond donors (Lipinski definition) is 4. The van der Waals surface area contributed by atoms with Crippen LogP contribution in [-0.2, 0) is 4.79 Å². The van der Waals surface area contributed by atoms with Gasteiger partial charge in [0.15, 0.2) is 0 Å². The summed E-state index contributed by atoms with van der Waals surface area (Å²) in [7, 11) is 0. The SMILES string of the molecule is O=C(NCCCNC(=O)C1CC(O)CN1)c1cccc(Br)c1. The van der Waals surface area contributed by atoms with Crippen molar-refractivity contribution in [1.29, 1.82) is 0 Å². The molecule has 2 rings (SSSR count). The Morgan fingerprint density at radius 3 is 2.77 bits per heavy atom. The van der Waals surface area contributed by atoms with Crippen molar-refractivity contribution < 1.29 is 14.7 Å². The molecule has 120 valence electrons. The fourth-order valence-electron chi connectivity index (χ4n) is 2.27. The number of carbonyl (C=O) groups excluding carboxylic acids is 2. The van der Waals surface area contributed by atoms with E-state index in [1.807, 2.05) is 12.1 Å². The quantitative estimate of drug-likeness (QED) is 0.546. The minimum Gasteiger partial charge on any atom is -0.392 e. The lowest BCUT2D eigenvalue weighted by Gasteiger charge is -2.11. The van der Waals surface area contributed by atoms with Gasteiger partial charge in [0.1, 0.15) is 0 Å². The lowest BCUT2D eigenvalue weighted by Crippen LogP contribution is -2.41. The Morgan fingerprint density at radius 2 is 2.09 bits per heavy atom. The second-order valence-corrected chi connectivity index (χ2v) is 6.18. The highest BCUT2D eigenvalue weighted by atomic mass is 79.9. The van der Waals surface area contributed by atoms with Gasteiger partial charge in [-0.15, -0.1) is 0 Å². The third-order valence-corrected chi connectivity index (χ3v) is 3.94. The summed E-state index contributed by atoms with van der Waals surface area (Å²) in [5, 5.41) is 17.9. The second-order valence-electron chi connectivity index (χ2n) is 5.26. The molecule has 0 bridgehead atoms. The van der Waals surface area contributed by atoms with Crippen LogP contribution in [0.3, 0.4) is 0 Å². The Bertz CT molecular complexity index is 539. The molecule has 0 saturated carbocycles. The van der Waals surface area contributed by atoms with Gasteiger partial charge in [-0.2, -0.15) is 0 Å². The van der Waals surface area contributed by atoms with Gasteiger partial charge in [-0.3, -0.25) is 9.59 Å². The Kier molecular flexibility index (Phi) is 6.35. The molecule has 2 atom stereocenters. The number of aliphatic hydroxyl groups excluding tert-OH is 1. The average molecular weight is 370 g/mol. The average Bonchev–Trinajstić information content (AvgIpc) is 2.93. The summed E-state index contributed by atoms with van der Waals surface area (Å²) in [4.78, 5) is 23.7. The molecule has 1 fully saturated rings. The van der Waals surface area contributed by atoms with E-state index in [0.717, 1.165) is 4.47 Å². The minimum atomic E-state index is -0.444. The first-order valence-electron chi connectivity index (χ1n) is 7.29. The maximum absolute atomic E-state index is 11.9. The van der Waals surface area contributed by atoms with E-state index < -0.39 is 6.10 Å². The summed E-state index contributed by atoms with van der Waals surface area (Å²) in [5.41, 5.74) is 0.600. The predicted molar refractivity (Wildman–Crippen MR) is 86.5 cm³/mol. The van der Waals surface area contributed by atoms with Crippen molar-refractivity contribution in [1.82, 2.24) is 16.0 Å². The topological polar surface area (TPSA) is 90.5 Å². The molecule has 22 heavy (non-hydrogen) atoms. The molecule has 2 amide bonds. The largest absolute Gasteiger partial charge is 0.392 e. The fourth-order valence-corrected chi connectivity index (χ4v) is 2.67. The van der Waals surface area contributed by atoms with Crippen molar-refractivity contribution in [2.45, 2.75) is 25.0 Å². The number of carbonyl (C=O) groups is 2. The van der Waals surface area contributed by atoms with Gasteiger partial charge in [0.2, 0.25) is 5.91 Å². The summed E-state index contributed by atoms with van der Waals surface area (Å²) in [6, 6.07) is 6.86. The van der Waals surface area contributed by atoms with Gasteiger partial charge < -0.3 is 21.1 Å². The van der Waals surface area contributed by atoms with E-state index in [2.05, 4.69) is 31.9 Å². The Balaban J connectivity index is 1.61. The van der Waals surface area contributed by atoms with E-state index in [0.29, 0.717) is 38.0 Å². The van der Waals surface area contributed by atoms with E-state index in [9.17, 15) is 14.7 Å². The van der Waals surface area contributed by atoms with Gasteiger partial charge in [-0.25, -0.2) is 0 Å². The van der Waals surface area contributed by atoms with E-state index in [1.54, 1.807) is 12.1 Å². The molecule has 1 aliphatic rings. The lowest BCUT2D eigenvalue weighted by molar-refractivity contribution is -0.122. The van der Waals surface area contributed by atoms with Gasteiger partial charge in [-0.1, -0.05) is 22.0 Å². The maximum atomic E-state index is 11.9. The molecule has 0 aromatic heterocycles. The van der Waals surface area contributed by atoms with Crippen molar-refractivity contribution in [2.75, 3.05) is 19.6 Å². The molecular formula is C15H20BrN3O3. The Morgan fingerprint density at radius 1 is 1.32 bits per heavy atom. The zero-order valence-corrected chi connectivity index (χ0v) is 13.7. The van der Waals surface area contributed by atoms with Crippen LogP contribution in [0, 0.1) is 0 Å². The van der Waals surface area contributed by atoms with Crippen molar-refractivity contribution in [3.8, 4) is 0 Å². The molecule has 6 nitrogen and oxygen atoms in total. The van der Waals surface area contributed by atoms with Crippen LogP contribution in [0.15, 0.2) is 28.7 Å². The lowest BCUT2D eigenvalue weighted by atomic mass is 10.2. The van der Waals surface area contributed by atoms with Gasteiger partial charge in [0, 0.05) is 29.7 Å². The molecule has 0 aliphatic carbocycles. The molecule has 1 saturated heterocycles. The number of aliphatic hydroxyl groups is 1. The van der Waals surface area contributed by atoms with Crippen LogP contribution >= 0.6 is 15.9 Å². The van der Waals surface area contributed by atoms with E-state index in [-0.39, 0.29) is 17.9 Å². The Hall–Kier alpha value is -1.44.